The monoisotopic (exact) mass is 537 g/mol. The SMILES string of the molecule is COc1ccc(NC(=O)C23CCC(C(Br)Br)(C2Br)C3(C)C)c(OC)c1. The quantitative estimate of drug-likeness (QED) is 0.515. The maximum Gasteiger partial charge on any atom is 0.232 e. The fourth-order valence-corrected chi connectivity index (χ4v) is 9.75. The molecule has 138 valence electrons. The van der Waals surface area contributed by atoms with E-state index >= 15 is 0 Å². The van der Waals surface area contributed by atoms with Crippen LogP contribution in [0.5, 0.6) is 11.5 Å². The van der Waals surface area contributed by atoms with Gasteiger partial charge in [0.1, 0.15) is 11.5 Å². The van der Waals surface area contributed by atoms with Gasteiger partial charge in [0.2, 0.25) is 5.91 Å². The number of methoxy groups -OCH3 is 2. The number of halogens is 3. The molecular weight excluding hydrogens is 518 g/mol. The number of amides is 1. The van der Waals surface area contributed by atoms with E-state index in [1.54, 1.807) is 20.3 Å². The number of hydrogen-bond donors (Lipinski definition) is 1. The molecule has 0 aliphatic heterocycles. The minimum atomic E-state index is -0.447. The molecule has 3 aliphatic rings. The van der Waals surface area contributed by atoms with Gasteiger partial charge in [0, 0.05) is 16.3 Å². The van der Waals surface area contributed by atoms with Gasteiger partial charge in [0.25, 0.3) is 0 Å². The van der Waals surface area contributed by atoms with Crippen LogP contribution in [0.1, 0.15) is 26.7 Å². The summed E-state index contributed by atoms with van der Waals surface area (Å²) in [5.74, 6) is 1.32. The van der Waals surface area contributed by atoms with Crippen LogP contribution in [0.15, 0.2) is 18.2 Å². The highest BCUT2D eigenvalue weighted by Gasteiger charge is 2.83. The third kappa shape index (κ3) is 2.30. The van der Waals surface area contributed by atoms with Crippen molar-refractivity contribution in [3.63, 3.8) is 0 Å². The Bertz CT molecular complexity index is 709. The van der Waals surface area contributed by atoms with Gasteiger partial charge < -0.3 is 14.8 Å². The summed E-state index contributed by atoms with van der Waals surface area (Å²) in [5.41, 5.74) is 0.0821. The zero-order chi connectivity index (χ0) is 18.6. The van der Waals surface area contributed by atoms with E-state index in [2.05, 4.69) is 67.0 Å². The van der Waals surface area contributed by atoms with E-state index in [-0.39, 0.29) is 25.3 Å². The lowest BCUT2D eigenvalue weighted by Gasteiger charge is -2.66. The molecule has 4 nitrogen and oxygen atoms in total. The van der Waals surface area contributed by atoms with Crippen molar-refractivity contribution < 1.29 is 14.3 Å². The molecule has 3 saturated carbocycles. The van der Waals surface area contributed by atoms with Crippen molar-refractivity contribution in [2.24, 2.45) is 16.2 Å². The van der Waals surface area contributed by atoms with Crippen molar-refractivity contribution in [1.82, 2.24) is 0 Å². The van der Waals surface area contributed by atoms with E-state index in [1.165, 1.54) is 0 Å². The average molecular weight is 540 g/mol. The highest BCUT2D eigenvalue weighted by Crippen LogP contribution is 2.82. The van der Waals surface area contributed by atoms with Gasteiger partial charge in [-0.3, -0.25) is 4.79 Å². The zero-order valence-electron chi connectivity index (χ0n) is 14.7. The van der Waals surface area contributed by atoms with Crippen LogP contribution in [-0.2, 0) is 4.79 Å². The largest absolute Gasteiger partial charge is 0.497 e. The number of rotatable bonds is 5. The molecule has 25 heavy (non-hydrogen) atoms. The zero-order valence-corrected chi connectivity index (χ0v) is 19.4. The van der Waals surface area contributed by atoms with Gasteiger partial charge in [-0.25, -0.2) is 0 Å². The molecule has 1 aromatic carbocycles. The number of alkyl halides is 3. The van der Waals surface area contributed by atoms with Crippen LogP contribution in [0.3, 0.4) is 0 Å². The highest BCUT2D eigenvalue weighted by molar-refractivity contribution is 9.24. The summed E-state index contributed by atoms with van der Waals surface area (Å²) in [4.78, 5) is 13.4. The fourth-order valence-electron chi connectivity index (χ4n) is 4.83. The molecule has 3 fully saturated rings. The molecule has 0 spiro atoms. The van der Waals surface area contributed by atoms with Crippen LogP contribution in [0.25, 0.3) is 0 Å². The Morgan fingerprint density at radius 2 is 1.92 bits per heavy atom. The molecule has 7 heteroatoms. The third-order valence-electron chi connectivity index (χ3n) is 6.55. The van der Waals surface area contributed by atoms with Crippen LogP contribution in [-0.4, -0.2) is 28.7 Å². The van der Waals surface area contributed by atoms with Crippen molar-refractivity contribution >= 4 is 59.4 Å². The summed E-state index contributed by atoms with van der Waals surface area (Å²) in [6.07, 6.45) is 1.85. The second kappa shape index (κ2) is 6.41. The number of carbonyl (C=O) groups is 1. The van der Waals surface area contributed by atoms with E-state index in [0.717, 1.165) is 12.8 Å². The van der Waals surface area contributed by atoms with Crippen LogP contribution in [0.4, 0.5) is 5.69 Å². The summed E-state index contributed by atoms with van der Waals surface area (Å²) < 4.78 is 10.8. The molecule has 1 aromatic rings. The van der Waals surface area contributed by atoms with Crippen molar-refractivity contribution in [3.05, 3.63) is 18.2 Å². The summed E-state index contributed by atoms with van der Waals surface area (Å²) in [7, 11) is 3.19. The Kier molecular flexibility index (Phi) is 5.00. The summed E-state index contributed by atoms with van der Waals surface area (Å²) in [6.45, 7) is 4.39. The first-order valence-corrected chi connectivity index (χ1v) is 10.9. The van der Waals surface area contributed by atoms with Gasteiger partial charge in [-0.15, -0.1) is 0 Å². The lowest BCUT2D eigenvalue weighted by atomic mass is 9.43. The van der Waals surface area contributed by atoms with Crippen LogP contribution in [0, 0.1) is 16.2 Å². The van der Waals surface area contributed by atoms with Gasteiger partial charge in [-0.1, -0.05) is 61.6 Å². The number of hydrogen-bond acceptors (Lipinski definition) is 3. The number of benzene rings is 1. The molecule has 1 amide bonds. The average Bonchev–Trinajstić information content (AvgIpc) is 3.05. The molecule has 3 atom stereocenters. The normalized spacial score (nSPS) is 32.2. The molecule has 3 aliphatic carbocycles. The van der Waals surface area contributed by atoms with Crippen LogP contribution < -0.4 is 14.8 Å². The lowest BCUT2D eigenvalue weighted by Crippen LogP contribution is -2.71. The van der Waals surface area contributed by atoms with E-state index in [1.807, 2.05) is 12.1 Å². The minimum Gasteiger partial charge on any atom is -0.497 e. The molecule has 4 rings (SSSR count). The topological polar surface area (TPSA) is 47.6 Å². The number of nitrogens with one attached hydrogen (secondary N) is 1. The van der Waals surface area contributed by atoms with Gasteiger partial charge in [0.15, 0.2) is 0 Å². The van der Waals surface area contributed by atoms with Crippen molar-refractivity contribution in [2.45, 2.75) is 35.3 Å². The van der Waals surface area contributed by atoms with Gasteiger partial charge in [0.05, 0.1) is 29.1 Å². The van der Waals surface area contributed by atoms with E-state index < -0.39 is 5.41 Å². The molecule has 1 N–H and O–H groups in total. The first-order valence-electron chi connectivity index (χ1n) is 8.14. The number of carbonyl (C=O) groups excluding carboxylic acids is 1. The van der Waals surface area contributed by atoms with Crippen LogP contribution >= 0.6 is 47.8 Å². The number of fused-ring (bicyclic) bond motifs is 1. The summed E-state index contributed by atoms with van der Waals surface area (Å²) >= 11 is 11.3. The minimum absolute atomic E-state index is 0.00827. The van der Waals surface area contributed by atoms with E-state index in [9.17, 15) is 4.79 Å². The Hall–Kier alpha value is -0.270. The van der Waals surface area contributed by atoms with Crippen LogP contribution in [0.2, 0.25) is 0 Å². The maximum absolute atomic E-state index is 13.3. The predicted molar refractivity (Wildman–Crippen MR) is 110 cm³/mol. The molecule has 0 saturated heterocycles. The molecule has 2 bridgehead atoms. The molecule has 0 radical (unpaired) electrons. The van der Waals surface area contributed by atoms with Crippen molar-refractivity contribution in [3.8, 4) is 11.5 Å². The third-order valence-corrected chi connectivity index (χ3v) is 9.78. The lowest BCUT2D eigenvalue weighted by molar-refractivity contribution is -0.155. The first kappa shape index (κ1) is 19.5. The molecular formula is C18H22Br3NO3. The van der Waals surface area contributed by atoms with Gasteiger partial charge in [-0.05, 0) is 30.4 Å². The van der Waals surface area contributed by atoms with E-state index in [0.29, 0.717) is 17.2 Å². The predicted octanol–water partition coefficient (Wildman–Crippen LogP) is 5.33. The van der Waals surface area contributed by atoms with Gasteiger partial charge in [-0.2, -0.15) is 0 Å². The Morgan fingerprint density at radius 3 is 2.40 bits per heavy atom. The Balaban J connectivity index is 1.91. The Morgan fingerprint density at radius 1 is 1.24 bits per heavy atom. The van der Waals surface area contributed by atoms with Crippen molar-refractivity contribution in [2.75, 3.05) is 19.5 Å². The second-order valence-corrected chi connectivity index (χ2v) is 11.3. The smallest absolute Gasteiger partial charge is 0.232 e. The maximum atomic E-state index is 13.3. The summed E-state index contributed by atoms with van der Waals surface area (Å²) in [6, 6.07) is 5.41. The fraction of sp³-hybridized carbons (Fsp3) is 0.611. The second-order valence-electron chi connectivity index (χ2n) is 7.32. The number of anilines is 1. The Labute approximate surface area is 173 Å². The standard InChI is InChI=1S/C18H22Br3NO3/c1-16(2)17(14(20)21)7-8-18(16,13(17)19)15(23)22-11-6-5-10(24-3)9-12(11)25-4/h5-6,9,13-14H,7-8H2,1-4H3,(H,22,23). The molecule has 0 heterocycles. The van der Waals surface area contributed by atoms with Gasteiger partial charge >= 0.3 is 0 Å². The first-order chi connectivity index (χ1) is 11.7. The summed E-state index contributed by atoms with van der Waals surface area (Å²) in [5, 5.41) is 3.10. The molecule has 0 aromatic heterocycles. The molecule has 3 unspecified atom stereocenters. The van der Waals surface area contributed by atoms with Crippen molar-refractivity contribution in [1.29, 1.82) is 0 Å². The van der Waals surface area contributed by atoms with E-state index in [4.69, 9.17) is 9.47 Å². The number of ether oxygens (including phenoxy) is 2. The highest BCUT2D eigenvalue weighted by atomic mass is 79.9.